The van der Waals surface area contributed by atoms with Crippen molar-refractivity contribution in [1.82, 2.24) is 9.29 Å². The molecule has 0 aliphatic rings. The predicted molar refractivity (Wildman–Crippen MR) is 150 cm³/mol. The SMILES string of the molecule is Cc1ccc2nc(N(/N=C/c3ccc([N+](=O)[O-])o3)C(=O)c3ccc(S(=O)(=O)N(CCC#N)CCC#N)cc3)sc2c1. The summed E-state index contributed by atoms with van der Waals surface area (Å²) < 4.78 is 33.2. The van der Waals surface area contributed by atoms with Crippen LogP contribution in [0.25, 0.3) is 10.2 Å². The molecule has 208 valence electrons. The summed E-state index contributed by atoms with van der Waals surface area (Å²) in [6.07, 6.45) is 1.05. The second kappa shape index (κ2) is 12.5. The molecule has 4 rings (SSSR count). The minimum absolute atomic E-state index is 0.0303. The van der Waals surface area contributed by atoms with Gasteiger partial charge < -0.3 is 4.42 Å². The second-order valence-corrected chi connectivity index (χ2v) is 11.5. The van der Waals surface area contributed by atoms with Crippen molar-refractivity contribution in [3.8, 4) is 12.1 Å². The van der Waals surface area contributed by atoms with Crippen LogP contribution in [0.2, 0.25) is 0 Å². The lowest BCUT2D eigenvalue weighted by Gasteiger charge is -2.20. The first-order valence-corrected chi connectivity index (χ1v) is 14.2. The van der Waals surface area contributed by atoms with Crippen LogP contribution in [-0.4, -0.2) is 47.8 Å². The molecular formula is C26H21N7O6S2. The number of rotatable bonds is 11. The van der Waals surface area contributed by atoms with E-state index in [4.69, 9.17) is 14.9 Å². The van der Waals surface area contributed by atoms with Gasteiger partial charge in [-0.05, 0) is 55.0 Å². The fraction of sp³-hybridized carbons (Fsp3) is 0.192. The number of nitrogens with zero attached hydrogens (tertiary/aromatic N) is 7. The monoisotopic (exact) mass is 591 g/mol. The zero-order chi connectivity index (χ0) is 29.6. The molecule has 41 heavy (non-hydrogen) atoms. The molecule has 0 saturated carbocycles. The number of furan rings is 1. The van der Waals surface area contributed by atoms with Crippen LogP contribution in [0.1, 0.15) is 34.5 Å². The Balaban J connectivity index is 1.68. The molecule has 1 amide bonds. The van der Waals surface area contributed by atoms with E-state index in [0.717, 1.165) is 31.9 Å². The highest BCUT2D eigenvalue weighted by molar-refractivity contribution is 7.89. The molecule has 4 aromatic rings. The van der Waals surface area contributed by atoms with Crippen molar-refractivity contribution in [1.29, 1.82) is 10.5 Å². The quantitative estimate of drug-likeness (QED) is 0.136. The van der Waals surface area contributed by atoms with Gasteiger partial charge in [-0.15, -0.1) is 0 Å². The molecule has 2 aromatic carbocycles. The molecule has 0 N–H and O–H groups in total. The maximum Gasteiger partial charge on any atom is 0.433 e. The van der Waals surface area contributed by atoms with Crippen molar-refractivity contribution < 1.29 is 22.6 Å². The zero-order valence-electron chi connectivity index (χ0n) is 21.5. The number of anilines is 1. The highest BCUT2D eigenvalue weighted by Crippen LogP contribution is 2.31. The smallest absolute Gasteiger partial charge is 0.400 e. The van der Waals surface area contributed by atoms with Gasteiger partial charge in [0.2, 0.25) is 15.2 Å². The molecule has 0 atom stereocenters. The number of aryl methyl sites for hydroxylation is 1. The number of amides is 1. The Morgan fingerprint density at radius 3 is 2.41 bits per heavy atom. The molecule has 0 aliphatic heterocycles. The number of hydrogen-bond acceptors (Lipinski definition) is 11. The number of nitriles is 2. The molecule has 0 bridgehead atoms. The molecule has 0 fully saturated rings. The van der Waals surface area contributed by atoms with Gasteiger partial charge >= 0.3 is 5.88 Å². The highest BCUT2D eigenvalue weighted by atomic mass is 32.2. The van der Waals surface area contributed by atoms with Gasteiger partial charge in [-0.1, -0.05) is 17.4 Å². The van der Waals surface area contributed by atoms with E-state index in [1.54, 1.807) is 6.07 Å². The van der Waals surface area contributed by atoms with Gasteiger partial charge in [0.05, 0.1) is 39.5 Å². The molecule has 0 radical (unpaired) electrons. The number of carbonyl (C=O) groups excluding carboxylic acids is 1. The summed E-state index contributed by atoms with van der Waals surface area (Å²) in [5, 5.41) is 34.2. The third-order valence-corrected chi connectivity index (χ3v) is 8.59. The van der Waals surface area contributed by atoms with Crippen molar-refractivity contribution in [2.75, 3.05) is 18.1 Å². The first-order valence-electron chi connectivity index (χ1n) is 12.0. The number of nitro groups is 1. The lowest BCUT2D eigenvalue weighted by molar-refractivity contribution is -0.402. The van der Waals surface area contributed by atoms with E-state index < -0.39 is 26.7 Å². The number of benzene rings is 2. The van der Waals surface area contributed by atoms with Crippen molar-refractivity contribution in [2.24, 2.45) is 5.10 Å². The third kappa shape index (κ3) is 6.62. The lowest BCUT2D eigenvalue weighted by atomic mass is 10.2. The van der Waals surface area contributed by atoms with Crippen molar-refractivity contribution in [2.45, 2.75) is 24.7 Å². The summed E-state index contributed by atoms with van der Waals surface area (Å²) >= 11 is 1.20. The van der Waals surface area contributed by atoms with Crippen LogP contribution in [0, 0.1) is 39.7 Å². The van der Waals surface area contributed by atoms with Gasteiger partial charge in [0, 0.05) is 31.5 Å². The van der Waals surface area contributed by atoms with Gasteiger partial charge in [-0.3, -0.25) is 14.9 Å². The minimum Gasteiger partial charge on any atom is -0.400 e. The molecule has 0 spiro atoms. The first kappa shape index (κ1) is 29.0. The van der Waals surface area contributed by atoms with E-state index in [-0.39, 0.29) is 47.3 Å². The Labute approximate surface area is 238 Å². The maximum absolute atomic E-state index is 13.6. The first-order chi connectivity index (χ1) is 19.6. The van der Waals surface area contributed by atoms with Crippen LogP contribution in [0.3, 0.4) is 0 Å². The van der Waals surface area contributed by atoms with E-state index in [2.05, 4.69) is 10.1 Å². The van der Waals surface area contributed by atoms with Crippen LogP contribution < -0.4 is 5.01 Å². The Morgan fingerprint density at radius 1 is 1.12 bits per heavy atom. The molecular weight excluding hydrogens is 570 g/mol. The number of sulfonamides is 1. The van der Waals surface area contributed by atoms with Gasteiger partial charge in [0.1, 0.15) is 4.92 Å². The number of carbonyl (C=O) groups is 1. The largest absolute Gasteiger partial charge is 0.433 e. The van der Waals surface area contributed by atoms with Gasteiger partial charge in [-0.25, -0.2) is 13.4 Å². The molecule has 0 aliphatic carbocycles. The molecule has 13 nitrogen and oxygen atoms in total. The summed E-state index contributed by atoms with van der Waals surface area (Å²) in [6.45, 7) is 1.76. The van der Waals surface area contributed by atoms with Crippen LogP contribution >= 0.6 is 11.3 Å². The summed E-state index contributed by atoms with van der Waals surface area (Å²) in [5.41, 5.74) is 1.71. The maximum atomic E-state index is 13.6. The van der Waals surface area contributed by atoms with E-state index in [1.807, 2.05) is 31.2 Å². The van der Waals surface area contributed by atoms with Crippen molar-refractivity contribution in [3.63, 3.8) is 0 Å². The third-order valence-electron chi connectivity index (χ3n) is 5.68. The van der Waals surface area contributed by atoms with Crippen LogP contribution in [0.4, 0.5) is 11.0 Å². The van der Waals surface area contributed by atoms with Crippen LogP contribution in [0.15, 0.2) is 69.0 Å². The van der Waals surface area contributed by atoms with E-state index in [0.29, 0.717) is 5.52 Å². The fourth-order valence-electron chi connectivity index (χ4n) is 3.67. The summed E-state index contributed by atoms with van der Waals surface area (Å²) in [4.78, 5) is 28.3. The van der Waals surface area contributed by atoms with Gasteiger partial charge in [0.25, 0.3) is 5.91 Å². The van der Waals surface area contributed by atoms with Crippen molar-refractivity contribution >= 4 is 54.7 Å². The van der Waals surface area contributed by atoms with Crippen LogP contribution in [-0.2, 0) is 10.0 Å². The van der Waals surface area contributed by atoms with Gasteiger partial charge in [0.15, 0.2) is 5.76 Å². The Kier molecular flexibility index (Phi) is 8.84. The van der Waals surface area contributed by atoms with E-state index in [1.165, 1.54) is 41.7 Å². The second-order valence-electron chi connectivity index (χ2n) is 8.51. The number of hydrazone groups is 1. The molecule has 15 heteroatoms. The normalized spacial score (nSPS) is 11.5. The average molecular weight is 592 g/mol. The number of aromatic nitrogens is 1. The molecule has 2 aromatic heterocycles. The summed E-state index contributed by atoms with van der Waals surface area (Å²) in [6, 6.07) is 17.0. The predicted octanol–water partition coefficient (Wildman–Crippen LogP) is 4.60. The van der Waals surface area contributed by atoms with E-state index in [9.17, 15) is 23.3 Å². The number of hydrogen-bond donors (Lipinski definition) is 0. The fourth-order valence-corrected chi connectivity index (χ4v) is 6.13. The average Bonchev–Trinajstić information content (AvgIpc) is 3.60. The molecule has 2 heterocycles. The Bertz CT molecular complexity index is 1800. The zero-order valence-corrected chi connectivity index (χ0v) is 23.1. The van der Waals surface area contributed by atoms with Crippen LogP contribution in [0.5, 0.6) is 0 Å². The Morgan fingerprint density at radius 2 is 1.80 bits per heavy atom. The topological polar surface area (TPSA) is 187 Å². The Hall–Kier alpha value is -4.96. The number of fused-ring (bicyclic) bond motifs is 1. The summed E-state index contributed by atoms with van der Waals surface area (Å²) in [5.74, 6) is -1.11. The molecule has 0 unspecified atom stereocenters. The highest BCUT2D eigenvalue weighted by Gasteiger charge is 2.26. The van der Waals surface area contributed by atoms with E-state index >= 15 is 0 Å². The number of thiazole rings is 1. The standard InChI is InChI=1S/C26H21N7O6S2/c1-18-4-10-22-23(16-18)40-26(30-22)32(29-17-20-7-11-24(39-20)33(35)36)25(34)19-5-8-21(9-6-19)41(37,38)31(14-2-12-27)15-3-13-28/h4-11,16-17H,2-3,14-15H2,1H3/b29-17+. The van der Waals surface area contributed by atoms with Gasteiger partial charge in [-0.2, -0.15) is 24.9 Å². The molecule has 0 saturated heterocycles. The van der Waals surface area contributed by atoms with Crippen molar-refractivity contribution in [3.05, 3.63) is 81.6 Å². The summed E-state index contributed by atoms with van der Waals surface area (Å²) in [7, 11) is -4.03. The lowest BCUT2D eigenvalue weighted by Crippen LogP contribution is -2.33. The minimum atomic E-state index is -4.03.